The molecule has 0 spiro atoms. The molecule has 0 aliphatic heterocycles. The fraction of sp³-hybridized carbons (Fsp3) is 0.462. The molecule has 5 nitrogen and oxygen atoms in total. The van der Waals surface area contributed by atoms with Gasteiger partial charge in [0.2, 0.25) is 11.7 Å². The Morgan fingerprint density at radius 1 is 1.22 bits per heavy atom. The predicted octanol–water partition coefficient (Wildman–Crippen LogP) is 1.90. The molecule has 5 heteroatoms. The van der Waals surface area contributed by atoms with E-state index in [1.165, 1.54) is 12.8 Å². The van der Waals surface area contributed by atoms with Crippen molar-refractivity contribution in [3.63, 3.8) is 0 Å². The number of hydrogen-bond acceptors (Lipinski definition) is 5. The zero-order valence-electron chi connectivity index (χ0n) is 10.2. The van der Waals surface area contributed by atoms with Crippen LogP contribution < -0.4 is 5.73 Å². The Bertz CT molecular complexity index is 517. The van der Waals surface area contributed by atoms with Gasteiger partial charge in [-0.15, -0.1) is 0 Å². The quantitative estimate of drug-likeness (QED) is 0.892. The third-order valence-corrected chi connectivity index (χ3v) is 3.77. The summed E-state index contributed by atoms with van der Waals surface area (Å²) in [6.07, 6.45) is 7.90. The lowest BCUT2D eigenvalue weighted by molar-refractivity contribution is 0.284. The van der Waals surface area contributed by atoms with Gasteiger partial charge in [0.05, 0.1) is 5.41 Å². The lowest BCUT2D eigenvalue weighted by Crippen LogP contribution is -2.32. The van der Waals surface area contributed by atoms with E-state index >= 15 is 0 Å². The fourth-order valence-corrected chi connectivity index (χ4v) is 2.61. The van der Waals surface area contributed by atoms with Gasteiger partial charge in [0.25, 0.3) is 0 Å². The van der Waals surface area contributed by atoms with Gasteiger partial charge in [-0.2, -0.15) is 4.98 Å². The highest BCUT2D eigenvalue weighted by Gasteiger charge is 2.39. The molecule has 2 aromatic heterocycles. The van der Waals surface area contributed by atoms with Gasteiger partial charge in [-0.05, 0) is 25.0 Å². The number of rotatable bonds is 3. The summed E-state index contributed by atoms with van der Waals surface area (Å²) in [5, 5.41) is 4.05. The van der Waals surface area contributed by atoms with Gasteiger partial charge in [0.15, 0.2) is 0 Å². The zero-order valence-corrected chi connectivity index (χ0v) is 10.2. The Morgan fingerprint density at radius 3 is 2.61 bits per heavy atom. The van der Waals surface area contributed by atoms with Crippen LogP contribution in [0, 0.1) is 0 Å². The third kappa shape index (κ3) is 1.80. The molecule has 2 N–H and O–H groups in total. The first-order chi connectivity index (χ1) is 8.84. The molecule has 3 rings (SSSR count). The summed E-state index contributed by atoms with van der Waals surface area (Å²) in [6, 6.07) is 3.75. The van der Waals surface area contributed by atoms with Crippen LogP contribution in [0.5, 0.6) is 0 Å². The van der Waals surface area contributed by atoms with Crippen molar-refractivity contribution in [3.05, 3.63) is 30.4 Å². The van der Waals surface area contributed by atoms with Gasteiger partial charge in [-0.3, -0.25) is 4.98 Å². The number of pyridine rings is 1. The molecule has 0 amide bonds. The van der Waals surface area contributed by atoms with Gasteiger partial charge in [-0.25, -0.2) is 0 Å². The number of nitrogens with zero attached hydrogens (tertiary/aromatic N) is 3. The molecule has 1 aliphatic rings. The maximum absolute atomic E-state index is 5.91. The minimum absolute atomic E-state index is 0.0989. The van der Waals surface area contributed by atoms with Crippen LogP contribution in [0.2, 0.25) is 0 Å². The van der Waals surface area contributed by atoms with Gasteiger partial charge in [-0.1, -0.05) is 18.0 Å². The summed E-state index contributed by atoms with van der Waals surface area (Å²) in [6.45, 7) is 0.574. The molecule has 1 aliphatic carbocycles. The summed E-state index contributed by atoms with van der Waals surface area (Å²) in [4.78, 5) is 8.50. The van der Waals surface area contributed by atoms with Crippen molar-refractivity contribution in [2.24, 2.45) is 5.73 Å². The summed E-state index contributed by atoms with van der Waals surface area (Å²) < 4.78 is 5.44. The molecule has 1 fully saturated rings. The maximum Gasteiger partial charge on any atom is 0.234 e. The molecule has 1 saturated carbocycles. The fourth-order valence-electron chi connectivity index (χ4n) is 2.61. The molecule has 0 unspecified atom stereocenters. The second kappa shape index (κ2) is 4.49. The third-order valence-electron chi connectivity index (χ3n) is 3.77. The van der Waals surface area contributed by atoms with Crippen LogP contribution in [0.25, 0.3) is 11.4 Å². The Morgan fingerprint density at radius 2 is 1.94 bits per heavy atom. The monoisotopic (exact) mass is 244 g/mol. The predicted molar refractivity (Wildman–Crippen MR) is 66.7 cm³/mol. The summed E-state index contributed by atoms with van der Waals surface area (Å²) in [7, 11) is 0. The minimum atomic E-state index is -0.0989. The number of hydrogen-bond donors (Lipinski definition) is 1. The Balaban J connectivity index is 1.94. The average molecular weight is 244 g/mol. The second-order valence-electron chi connectivity index (χ2n) is 4.85. The number of aromatic nitrogens is 3. The standard InChI is InChI=1S/C13H16N4O/c14-9-13(5-1-2-6-13)12-16-11(17-18-12)10-3-7-15-8-4-10/h3-4,7-8H,1-2,5-6,9,14H2. The van der Waals surface area contributed by atoms with Gasteiger partial charge < -0.3 is 10.3 Å². The van der Waals surface area contributed by atoms with Crippen molar-refractivity contribution in [2.75, 3.05) is 6.54 Å². The van der Waals surface area contributed by atoms with Gasteiger partial charge in [0.1, 0.15) is 0 Å². The van der Waals surface area contributed by atoms with E-state index < -0.39 is 0 Å². The van der Waals surface area contributed by atoms with E-state index in [0.717, 1.165) is 18.4 Å². The van der Waals surface area contributed by atoms with Crippen LogP contribution in [0.3, 0.4) is 0 Å². The smallest absolute Gasteiger partial charge is 0.234 e. The van der Waals surface area contributed by atoms with Crippen molar-refractivity contribution in [2.45, 2.75) is 31.1 Å². The first-order valence-corrected chi connectivity index (χ1v) is 6.29. The van der Waals surface area contributed by atoms with Crippen molar-refractivity contribution in [3.8, 4) is 11.4 Å². The Labute approximate surface area is 105 Å². The zero-order chi connectivity index (χ0) is 12.4. The van der Waals surface area contributed by atoms with Crippen LogP contribution in [0.1, 0.15) is 31.6 Å². The highest BCUT2D eigenvalue weighted by molar-refractivity contribution is 5.52. The van der Waals surface area contributed by atoms with Gasteiger partial charge in [0, 0.05) is 24.5 Å². The van der Waals surface area contributed by atoms with Gasteiger partial charge >= 0.3 is 0 Å². The van der Waals surface area contributed by atoms with E-state index in [0.29, 0.717) is 18.3 Å². The molecular formula is C13H16N4O. The van der Waals surface area contributed by atoms with Crippen LogP contribution in [0.4, 0.5) is 0 Å². The Hall–Kier alpha value is -1.75. The molecule has 2 aromatic rings. The van der Waals surface area contributed by atoms with E-state index in [4.69, 9.17) is 10.3 Å². The summed E-state index contributed by atoms with van der Waals surface area (Å²) in [5.41, 5.74) is 6.73. The molecule has 18 heavy (non-hydrogen) atoms. The number of nitrogens with two attached hydrogens (primary N) is 1. The van der Waals surface area contributed by atoms with Crippen molar-refractivity contribution < 1.29 is 4.52 Å². The van der Waals surface area contributed by atoms with Crippen LogP contribution in [0.15, 0.2) is 29.0 Å². The first kappa shape index (κ1) is 11.3. The SMILES string of the molecule is NCC1(c2nc(-c3ccncc3)no2)CCCC1. The van der Waals surface area contributed by atoms with Crippen LogP contribution in [-0.4, -0.2) is 21.7 Å². The lowest BCUT2D eigenvalue weighted by Gasteiger charge is -2.21. The molecule has 0 atom stereocenters. The molecule has 0 bridgehead atoms. The van der Waals surface area contributed by atoms with E-state index in [1.54, 1.807) is 12.4 Å². The largest absolute Gasteiger partial charge is 0.338 e. The first-order valence-electron chi connectivity index (χ1n) is 6.29. The highest BCUT2D eigenvalue weighted by Crippen LogP contribution is 2.39. The Kier molecular flexibility index (Phi) is 2.83. The normalized spacial score (nSPS) is 18.1. The molecule has 94 valence electrons. The summed E-state index contributed by atoms with van der Waals surface area (Å²) in [5.74, 6) is 1.31. The highest BCUT2D eigenvalue weighted by atomic mass is 16.5. The minimum Gasteiger partial charge on any atom is -0.338 e. The van der Waals surface area contributed by atoms with Crippen LogP contribution in [-0.2, 0) is 5.41 Å². The molecule has 0 aromatic carbocycles. The van der Waals surface area contributed by atoms with Crippen molar-refractivity contribution >= 4 is 0 Å². The maximum atomic E-state index is 5.91. The van der Waals surface area contributed by atoms with E-state index in [2.05, 4.69) is 15.1 Å². The topological polar surface area (TPSA) is 77.8 Å². The lowest BCUT2D eigenvalue weighted by atomic mass is 9.86. The summed E-state index contributed by atoms with van der Waals surface area (Å²) >= 11 is 0. The van der Waals surface area contributed by atoms with Crippen molar-refractivity contribution in [1.29, 1.82) is 0 Å². The van der Waals surface area contributed by atoms with E-state index in [9.17, 15) is 0 Å². The van der Waals surface area contributed by atoms with Crippen LogP contribution >= 0.6 is 0 Å². The van der Waals surface area contributed by atoms with E-state index in [1.807, 2.05) is 12.1 Å². The molecule has 0 saturated heterocycles. The molecule has 2 heterocycles. The van der Waals surface area contributed by atoms with E-state index in [-0.39, 0.29) is 5.41 Å². The molecule has 0 radical (unpaired) electrons. The molecular weight excluding hydrogens is 228 g/mol. The average Bonchev–Trinajstić information content (AvgIpc) is 3.09. The second-order valence-corrected chi connectivity index (χ2v) is 4.85. The van der Waals surface area contributed by atoms with Crippen molar-refractivity contribution in [1.82, 2.24) is 15.1 Å².